The van der Waals surface area contributed by atoms with E-state index in [1.807, 2.05) is 11.8 Å². The second-order valence-corrected chi connectivity index (χ2v) is 20.1. The van der Waals surface area contributed by atoms with E-state index >= 15 is 0 Å². The van der Waals surface area contributed by atoms with E-state index in [1.54, 1.807) is 0 Å². The van der Waals surface area contributed by atoms with Crippen molar-refractivity contribution in [3.63, 3.8) is 0 Å². The van der Waals surface area contributed by atoms with Gasteiger partial charge >= 0.3 is 6.03 Å². The average Bonchev–Trinajstić information content (AvgIpc) is 3.76. The van der Waals surface area contributed by atoms with Gasteiger partial charge in [0.25, 0.3) is 0 Å². The van der Waals surface area contributed by atoms with Gasteiger partial charge in [-0.15, -0.1) is 0 Å². The number of rotatable bonds is 19. The molecular formula is C43H52N4O3P2S. The second kappa shape index (κ2) is 19.6. The van der Waals surface area contributed by atoms with E-state index in [9.17, 15) is 14.4 Å². The lowest BCUT2D eigenvalue weighted by atomic mass is 9.96. The highest BCUT2D eigenvalue weighted by molar-refractivity contribution is 8.00. The molecule has 6 rings (SSSR count). The fraction of sp³-hybridized carbons (Fsp3) is 0.372. The number of carbonyl (C=O) groups is 3. The molecule has 0 aromatic heterocycles. The second-order valence-electron chi connectivity index (χ2n) is 14.4. The van der Waals surface area contributed by atoms with Gasteiger partial charge in [0.15, 0.2) is 0 Å². The number of benzene rings is 4. The number of amides is 4. The lowest BCUT2D eigenvalue weighted by Gasteiger charge is -2.37. The van der Waals surface area contributed by atoms with E-state index in [0.717, 1.165) is 37.3 Å². The van der Waals surface area contributed by atoms with Gasteiger partial charge in [-0.1, -0.05) is 135 Å². The summed E-state index contributed by atoms with van der Waals surface area (Å²) in [6.07, 6.45) is 6.12. The number of fused-ring (bicyclic) bond motifs is 1. The first-order chi connectivity index (χ1) is 25.9. The molecule has 2 aliphatic rings. The highest BCUT2D eigenvalue weighted by Crippen LogP contribution is 2.47. The fourth-order valence-corrected chi connectivity index (χ4v) is 14.4. The molecule has 0 aliphatic carbocycles. The molecule has 0 unspecified atom stereocenters. The number of hydrogen-bond donors (Lipinski definition) is 4. The topological polar surface area (TPSA) is 99.3 Å². The Balaban J connectivity index is 1.05. The summed E-state index contributed by atoms with van der Waals surface area (Å²) in [7, 11) is -1.36. The van der Waals surface area contributed by atoms with Crippen molar-refractivity contribution in [2.75, 3.05) is 31.2 Å². The average molecular weight is 767 g/mol. The predicted molar refractivity (Wildman–Crippen MR) is 225 cm³/mol. The molecule has 53 heavy (non-hydrogen) atoms. The highest BCUT2D eigenvalue weighted by atomic mass is 32.2. The van der Waals surface area contributed by atoms with Crippen molar-refractivity contribution >= 4 is 66.7 Å². The lowest BCUT2D eigenvalue weighted by molar-refractivity contribution is -0.123. The molecule has 2 aliphatic heterocycles. The Morgan fingerprint density at radius 3 is 1.66 bits per heavy atom. The smallest absolute Gasteiger partial charge is 0.315 e. The molecule has 10 heteroatoms. The van der Waals surface area contributed by atoms with Crippen LogP contribution in [0.5, 0.6) is 0 Å². The summed E-state index contributed by atoms with van der Waals surface area (Å²) in [5, 5.41) is 18.2. The van der Waals surface area contributed by atoms with Crippen molar-refractivity contribution in [2.24, 2.45) is 5.41 Å². The first kappa shape index (κ1) is 39.0. The largest absolute Gasteiger partial charge is 0.356 e. The number of thioether (sulfide) groups is 1. The van der Waals surface area contributed by atoms with Gasteiger partial charge in [0.2, 0.25) is 11.8 Å². The van der Waals surface area contributed by atoms with E-state index in [4.69, 9.17) is 0 Å². The summed E-state index contributed by atoms with van der Waals surface area (Å²) >= 11 is 1.91. The van der Waals surface area contributed by atoms with Crippen LogP contribution < -0.4 is 42.5 Å². The fourth-order valence-electron chi connectivity index (χ4n) is 7.26. The molecule has 2 heterocycles. The highest BCUT2D eigenvalue weighted by Gasteiger charge is 2.42. The molecule has 7 nitrogen and oxygen atoms in total. The maximum Gasteiger partial charge on any atom is 0.315 e. The van der Waals surface area contributed by atoms with Crippen molar-refractivity contribution in [2.45, 2.75) is 62.8 Å². The van der Waals surface area contributed by atoms with Crippen LogP contribution in [0.25, 0.3) is 0 Å². The Morgan fingerprint density at radius 2 is 1.15 bits per heavy atom. The van der Waals surface area contributed by atoms with Gasteiger partial charge in [-0.05, 0) is 74.1 Å². The van der Waals surface area contributed by atoms with Crippen LogP contribution in [0, 0.1) is 5.41 Å². The third-order valence-corrected chi connectivity index (χ3v) is 17.4. The van der Waals surface area contributed by atoms with Gasteiger partial charge in [-0.2, -0.15) is 11.8 Å². The standard InChI is InChI=1S/C43H52N4O3P2S/c1-43(31-51(33-17-6-2-7-18-33)34-19-8-3-9-20-34,32-52(35-21-10-4-11-22-35)36-23-12-5-13-24-36)30-45-40(49)27-16-28-44-39(48)26-15-14-25-38-41-37(29-53-38)46-42(50)47-41/h2-13,17-24,37-38,41H,14-16,25-32H2,1H3,(H,44,48)(H,45,49)(H2,46,47,50)/t37-,38-,41-/m0/s1. The zero-order valence-corrected chi connectivity index (χ0v) is 33.2. The third kappa shape index (κ3) is 11.4. The first-order valence-electron chi connectivity index (χ1n) is 18.8. The van der Waals surface area contributed by atoms with Crippen LogP contribution >= 0.6 is 27.6 Å². The maximum atomic E-state index is 13.4. The number of urea groups is 1. The normalized spacial score (nSPS) is 18.0. The van der Waals surface area contributed by atoms with Gasteiger partial charge in [0, 0.05) is 36.9 Å². The van der Waals surface area contributed by atoms with Gasteiger partial charge in [-0.3, -0.25) is 9.59 Å². The molecule has 4 amide bonds. The number of hydrogen-bond acceptors (Lipinski definition) is 4. The van der Waals surface area contributed by atoms with Gasteiger partial charge in [0.05, 0.1) is 12.1 Å². The summed E-state index contributed by atoms with van der Waals surface area (Å²) in [5.41, 5.74) is -0.198. The molecule has 0 bridgehead atoms. The molecule has 4 aromatic rings. The predicted octanol–water partition coefficient (Wildman–Crippen LogP) is 6.00. The molecule has 0 saturated carbocycles. The SMILES string of the molecule is CC(CNC(=O)CCCNC(=O)CCCC[C@@H]1SC[C@@H]2NC(=O)N[C@@H]21)(CP(c1ccccc1)c1ccccc1)CP(c1ccccc1)c1ccccc1. The maximum absolute atomic E-state index is 13.4. The molecular weight excluding hydrogens is 715 g/mol. The third-order valence-electron chi connectivity index (χ3n) is 10.0. The van der Waals surface area contributed by atoms with Crippen LogP contribution in [0.15, 0.2) is 121 Å². The van der Waals surface area contributed by atoms with Crippen molar-refractivity contribution in [1.29, 1.82) is 0 Å². The molecule has 4 aromatic carbocycles. The summed E-state index contributed by atoms with van der Waals surface area (Å²) < 4.78 is 0. The number of carbonyl (C=O) groups excluding carboxylic acids is 3. The minimum atomic E-state index is -0.682. The zero-order valence-electron chi connectivity index (χ0n) is 30.6. The Hall–Kier alpha value is -3.70. The van der Waals surface area contributed by atoms with Crippen LogP contribution in [-0.2, 0) is 9.59 Å². The molecule has 2 saturated heterocycles. The van der Waals surface area contributed by atoms with Gasteiger partial charge in [-0.25, -0.2) is 4.79 Å². The van der Waals surface area contributed by atoms with Crippen molar-refractivity contribution in [3.05, 3.63) is 121 Å². The lowest BCUT2D eigenvalue weighted by Crippen LogP contribution is -2.42. The molecule has 2 fully saturated rings. The monoisotopic (exact) mass is 766 g/mol. The van der Waals surface area contributed by atoms with Crippen LogP contribution in [0.4, 0.5) is 4.79 Å². The molecule has 0 radical (unpaired) electrons. The van der Waals surface area contributed by atoms with E-state index in [1.165, 1.54) is 21.2 Å². The molecule has 3 atom stereocenters. The van der Waals surface area contributed by atoms with Crippen LogP contribution in [0.3, 0.4) is 0 Å². The van der Waals surface area contributed by atoms with Crippen LogP contribution in [0.2, 0.25) is 0 Å². The molecule has 4 N–H and O–H groups in total. The first-order valence-corrected chi connectivity index (χ1v) is 22.9. The Kier molecular flexibility index (Phi) is 14.4. The van der Waals surface area contributed by atoms with Crippen molar-refractivity contribution in [3.8, 4) is 0 Å². The minimum Gasteiger partial charge on any atom is -0.356 e. The van der Waals surface area contributed by atoms with E-state index in [2.05, 4.69) is 150 Å². The molecule has 0 spiro atoms. The summed E-state index contributed by atoms with van der Waals surface area (Å²) in [5.74, 6) is 1.02. The van der Waals surface area contributed by atoms with Gasteiger partial charge < -0.3 is 21.3 Å². The summed E-state index contributed by atoms with van der Waals surface area (Å²) in [6.45, 7) is 3.43. The van der Waals surface area contributed by atoms with Gasteiger partial charge in [0.1, 0.15) is 0 Å². The zero-order chi connectivity index (χ0) is 36.9. The summed E-state index contributed by atoms with van der Waals surface area (Å²) in [6, 6.07) is 43.7. The summed E-state index contributed by atoms with van der Waals surface area (Å²) in [4.78, 5) is 37.6. The number of nitrogens with one attached hydrogen (secondary N) is 4. The quantitative estimate of drug-likeness (QED) is 0.0536. The van der Waals surface area contributed by atoms with E-state index in [0.29, 0.717) is 37.6 Å². The van der Waals surface area contributed by atoms with E-state index in [-0.39, 0.29) is 35.3 Å². The number of unbranched alkanes of at least 4 members (excludes halogenated alkanes) is 1. The Morgan fingerprint density at radius 1 is 0.679 bits per heavy atom. The minimum absolute atomic E-state index is 0.0267. The van der Waals surface area contributed by atoms with E-state index < -0.39 is 15.8 Å². The van der Waals surface area contributed by atoms with Crippen molar-refractivity contribution in [1.82, 2.24) is 21.3 Å². The Bertz CT molecular complexity index is 1590. The molecule has 278 valence electrons. The van der Waals surface area contributed by atoms with Crippen LogP contribution in [-0.4, -0.2) is 66.3 Å². The van der Waals surface area contributed by atoms with Crippen LogP contribution in [0.1, 0.15) is 45.4 Å². The van der Waals surface area contributed by atoms with Crippen molar-refractivity contribution < 1.29 is 14.4 Å². The Labute approximate surface area is 321 Å².